The van der Waals surface area contributed by atoms with Gasteiger partial charge in [0.15, 0.2) is 0 Å². The number of hydrogen-bond donors (Lipinski definition) is 2. The highest BCUT2D eigenvalue weighted by Gasteiger charge is 2.30. The molecule has 3 rings (SSSR count). The SMILES string of the molecule is CC(C)CC(CN)NS(=O)(=O)c1ccc2c3c(cccc13)C(=O)N2C.Cl. The fraction of sp³-hybridized carbons (Fsp3) is 0.389. The molecule has 26 heavy (non-hydrogen) atoms. The standard InChI is InChI=1S/C18H23N3O3S.ClH/c1-11(2)9-12(10-19)20-25(23,24)16-8-7-15-17-13(16)5-4-6-14(17)18(22)21(15)3;/h4-8,11-12,20H,9-10,19H2,1-3H3;1H. The molecule has 2 aromatic rings. The van der Waals surface area contributed by atoms with Crippen LogP contribution in [0.25, 0.3) is 10.8 Å². The summed E-state index contributed by atoms with van der Waals surface area (Å²) in [5.41, 5.74) is 7.00. The van der Waals surface area contributed by atoms with Crippen LogP contribution in [0.1, 0.15) is 30.6 Å². The number of nitrogens with zero attached hydrogens (tertiary/aromatic N) is 1. The Morgan fingerprint density at radius 1 is 1.19 bits per heavy atom. The summed E-state index contributed by atoms with van der Waals surface area (Å²) < 4.78 is 28.6. The van der Waals surface area contributed by atoms with Crippen molar-refractivity contribution in [1.29, 1.82) is 0 Å². The largest absolute Gasteiger partial charge is 0.329 e. The highest BCUT2D eigenvalue weighted by atomic mass is 35.5. The number of rotatable bonds is 6. The maximum atomic E-state index is 12.9. The Morgan fingerprint density at radius 2 is 1.88 bits per heavy atom. The topological polar surface area (TPSA) is 92.5 Å². The van der Waals surface area contributed by atoms with Gasteiger partial charge in [0, 0.05) is 36.0 Å². The van der Waals surface area contributed by atoms with Crippen LogP contribution in [0.4, 0.5) is 5.69 Å². The second-order valence-corrected chi connectivity index (χ2v) is 8.54. The van der Waals surface area contributed by atoms with Crippen molar-refractivity contribution in [3.05, 3.63) is 35.9 Å². The van der Waals surface area contributed by atoms with Gasteiger partial charge in [-0.3, -0.25) is 4.79 Å². The lowest BCUT2D eigenvalue weighted by molar-refractivity contribution is 0.0999. The molecule has 0 spiro atoms. The monoisotopic (exact) mass is 397 g/mol. The lowest BCUT2D eigenvalue weighted by Crippen LogP contribution is -2.41. The predicted molar refractivity (Wildman–Crippen MR) is 107 cm³/mol. The number of carbonyl (C=O) groups is 1. The quantitative estimate of drug-likeness (QED) is 0.783. The maximum absolute atomic E-state index is 12.9. The first-order valence-electron chi connectivity index (χ1n) is 8.32. The maximum Gasteiger partial charge on any atom is 0.258 e. The minimum Gasteiger partial charge on any atom is -0.329 e. The van der Waals surface area contributed by atoms with Crippen molar-refractivity contribution in [2.75, 3.05) is 18.5 Å². The molecule has 1 unspecified atom stereocenters. The molecule has 0 bridgehead atoms. The molecule has 1 aliphatic rings. The molecule has 0 radical (unpaired) electrons. The highest BCUT2D eigenvalue weighted by Crippen LogP contribution is 2.39. The minimum absolute atomic E-state index is 0. The average Bonchev–Trinajstić information content (AvgIpc) is 2.80. The van der Waals surface area contributed by atoms with Gasteiger partial charge in [-0.25, -0.2) is 13.1 Å². The van der Waals surface area contributed by atoms with Gasteiger partial charge in [0.05, 0.1) is 10.6 Å². The van der Waals surface area contributed by atoms with Gasteiger partial charge in [-0.1, -0.05) is 26.0 Å². The highest BCUT2D eigenvalue weighted by molar-refractivity contribution is 7.89. The van der Waals surface area contributed by atoms with Gasteiger partial charge in [0.2, 0.25) is 10.0 Å². The molecule has 0 saturated heterocycles. The summed E-state index contributed by atoms with van der Waals surface area (Å²) >= 11 is 0. The Hall–Kier alpha value is -1.67. The zero-order chi connectivity index (χ0) is 18.4. The summed E-state index contributed by atoms with van der Waals surface area (Å²) in [5.74, 6) is 0.207. The first kappa shape index (κ1) is 20.6. The second kappa shape index (κ2) is 7.52. The Kier molecular flexibility index (Phi) is 5.97. The van der Waals surface area contributed by atoms with Gasteiger partial charge in [0.25, 0.3) is 5.91 Å². The van der Waals surface area contributed by atoms with Crippen molar-refractivity contribution in [3.8, 4) is 0 Å². The third kappa shape index (κ3) is 3.44. The van der Waals surface area contributed by atoms with E-state index < -0.39 is 10.0 Å². The van der Waals surface area contributed by atoms with Crippen molar-refractivity contribution in [2.24, 2.45) is 11.7 Å². The van der Waals surface area contributed by atoms with Crippen LogP contribution < -0.4 is 15.4 Å². The van der Waals surface area contributed by atoms with E-state index in [0.29, 0.717) is 28.7 Å². The van der Waals surface area contributed by atoms with Crippen LogP contribution >= 0.6 is 12.4 Å². The number of sulfonamides is 1. The molecule has 3 N–H and O–H groups in total. The predicted octanol–water partition coefficient (Wildman–Crippen LogP) is 2.50. The molecule has 6 nitrogen and oxygen atoms in total. The Bertz CT molecular complexity index is 944. The van der Waals surface area contributed by atoms with E-state index in [9.17, 15) is 13.2 Å². The van der Waals surface area contributed by atoms with Crippen LogP contribution in [0.5, 0.6) is 0 Å². The van der Waals surface area contributed by atoms with Crippen LogP contribution in [-0.4, -0.2) is 34.0 Å². The van der Waals surface area contributed by atoms with E-state index in [1.165, 1.54) is 0 Å². The van der Waals surface area contributed by atoms with Crippen molar-refractivity contribution in [2.45, 2.75) is 31.2 Å². The zero-order valence-corrected chi connectivity index (χ0v) is 16.7. The molecule has 1 atom stereocenters. The summed E-state index contributed by atoms with van der Waals surface area (Å²) in [5, 5.41) is 1.24. The summed E-state index contributed by atoms with van der Waals surface area (Å²) in [6.45, 7) is 4.29. The molecule has 1 amide bonds. The first-order valence-corrected chi connectivity index (χ1v) is 9.80. The van der Waals surface area contributed by atoms with Crippen LogP contribution in [0.3, 0.4) is 0 Å². The first-order chi connectivity index (χ1) is 11.8. The molecule has 8 heteroatoms. The molecule has 0 aromatic heterocycles. The third-order valence-electron chi connectivity index (χ3n) is 4.53. The van der Waals surface area contributed by atoms with E-state index in [1.807, 2.05) is 13.8 Å². The molecule has 142 valence electrons. The average molecular weight is 398 g/mol. The van der Waals surface area contributed by atoms with E-state index in [2.05, 4.69) is 4.72 Å². The normalized spacial score (nSPS) is 14.8. The summed E-state index contributed by atoms with van der Waals surface area (Å²) in [6, 6.07) is 8.10. The zero-order valence-electron chi connectivity index (χ0n) is 15.0. The number of carbonyl (C=O) groups excluding carboxylic acids is 1. The number of halogens is 1. The Morgan fingerprint density at radius 3 is 2.50 bits per heavy atom. The fourth-order valence-electron chi connectivity index (χ4n) is 3.39. The Labute approximate surface area is 160 Å². The molecular formula is C18H24ClN3O3S. The number of nitrogens with two attached hydrogens (primary N) is 1. The van der Waals surface area contributed by atoms with Crippen LogP contribution in [0.15, 0.2) is 35.2 Å². The van der Waals surface area contributed by atoms with Gasteiger partial charge < -0.3 is 10.6 Å². The number of nitrogens with one attached hydrogen (secondary N) is 1. The summed E-state index contributed by atoms with van der Waals surface area (Å²) in [7, 11) is -2.05. The van der Waals surface area contributed by atoms with Gasteiger partial charge >= 0.3 is 0 Å². The van der Waals surface area contributed by atoms with E-state index >= 15 is 0 Å². The number of benzene rings is 2. The van der Waals surface area contributed by atoms with E-state index in [0.717, 1.165) is 5.69 Å². The molecule has 1 aliphatic heterocycles. The van der Waals surface area contributed by atoms with Gasteiger partial charge in [-0.2, -0.15) is 0 Å². The number of anilines is 1. The van der Waals surface area contributed by atoms with Crippen LogP contribution in [0.2, 0.25) is 0 Å². The second-order valence-electron chi connectivity index (χ2n) is 6.86. The number of amides is 1. The smallest absolute Gasteiger partial charge is 0.258 e. The van der Waals surface area contributed by atoms with Crippen molar-refractivity contribution < 1.29 is 13.2 Å². The lowest BCUT2D eigenvalue weighted by atomic mass is 10.1. The van der Waals surface area contributed by atoms with Crippen LogP contribution in [-0.2, 0) is 10.0 Å². The van der Waals surface area contributed by atoms with Gasteiger partial charge in [-0.15, -0.1) is 12.4 Å². The van der Waals surface area contributed by atoms with E-state index in [4.69, 9.17) is 5.73 Å². The fourth-order valence-corrected chi connectivity index (χ4v) is 4.85. The molecule has 1 heterocycles. The van der Waals surface area contributed by atoms with E-state index in [-0.39, 0.29) is 35.8 Å². The molecular weight excluding hydrogens is 374 g/mol. The van der Waals surface area contributed by atoms with Crippen LogP contribution in [0, 0.1) is 5.92 Å². The lowest BCUT2D eigenvalue weighted by Gasteiger charge is -2.20. The molecule has 0 saturated carbocycles. The summed E-state index contributed by atoms with van der Waals surface area (Å²) in [6.07, 6.45) is 0.665. The van der Waals surface area contributed by atoms with Crippen molar-refractivity contribution >= 4 is 44.8 Å². The minimum atomic E-state index is -3.74. The summed E-state index contributed by atoms with van der Waals surface area (Å²) in [4.78, 5) is 14.1. The molecule has 0 aliphatic carbocycles. The van der Waals surface area contributed by atoms with E-state index in [1.54, 1.807) is 42.3 Å². The number of hydrogen-bond acceptors (Lipinski definition) is 4. The third-order valence-corrected chi connectivity index (χ3v) is 6.11. The van der Waals surface area contributed by atoms with Crippen molar-refractivity contribution in [3.63, 3.8) is 0 Å². The van der Waals surface area contributed by atoms with Gasteiger partial charge in [0.1, 0.15) is 0 Å². The van der Waals surface area contributed by atoms with Crippen molar-refractivity contribution in [1.82, 2.24) is 4.72 Å². The Balaban J connectivity index is 0.00000243. The molecule has 2 aromatic carbocycles. The molecule has 0 fully saturated rings. The van der Waals surface area contributed by atoms with Gasteiger partial charge in [-0.05, 0) is 30.5 Å².